The summed E-state index contributed by atoms with van der Waals surface area (Å²) >= 11 is 0. The second-order valence-electron chi connectivity index (χ2n) is 10.2. The smallest absolute Gasteiger partial charge is 0.255 e. The minimum absolute atomic E-state index is 0.00380. The minimum atomic E-state index is -0.660. The highest BCUT2D eigenvalue weighted by molar-refractivity contribution is 6.12. The van der Waals surface area contributed by atoms with Gasteiger partial charge in [-0.25, -0.2) is 18.7 Å². The highest BCUT2D eigenvalue weighted by Gasteiger charge is 2.45. The fraction of sp³-hybridized carbons (Fsp3) is 0.188. The lowest BCUT2D eigenvalue weighted by Crippen LogP contribution is -2.49. The van der Waals surface area contributed by atoms with Crippen molar-refractivity contribution in [1.29, 1.82) is 0 Å². The zero-order chi connectivity index (χ0) is 28.7. The molecule has 0 saturated carbocycles. The van der Waals surface area contributed by atoms with Crippen molar-refractivity contribution >= 4 is 22.7 Å². The standard InChI is InChI=1S/C32H25F2N3O4/c1-18-4-5-20(24(38)15-32(16-40-17-32)31-36-12-3-13-37-31)14-23(18)22-10-11-25-26(28(22)34)27(30(39)35-2)29(41-25)19-6-8-21(33)9-7-19/h3-14H,15-17H2,1-2H3,(H,35,39). The maximum atomic E-state index is 16.4. The molecule has 3 aromatic carbocycles. The van der Waals surface area contributed by atoms with Crippen molar-refractivity contribution in [3.8, 4) is 22.5 Å². The van der Waals surface area contributed by atoms with Gasteiger partial charge in [-0.05, 0) is 66.6 Å². The van der Waals surface area contributed by atoms with Crippen LogP contribution in [0.4, 0.5) is 8.78 Å². The molecule has 1 saturated heterocycles. The van der Waals surface area contributed by atoms with Gasteiger partial charge in [-0.2, -0.15) is 0 Å². The van der Waals surface area contributed by atoms with Gasteiger partial charge in [0.15, 0.2) is 5.78 Å². The predicted molar refractivity (Wildman–Crippen MR) is 149 cm³/mol. The van der Waals surface area contributed by atoms with E-state index in [1.807, 2.05) is 6.92 Å². The molecule has 206 valence electrons. The molecule has 3 heterocycles. The molecule has 0 spiro atoms. The fourth-order valence-corrected chi connectivity index (χ4v) is 5.23. The first-order valence-electron chi connectivity index (χ1n) is 13.0. The Kier molecular flexibility index (Phi) is 6.67. The number of fused-ring (bicyclic) bond motifs is 1. The average Bonchev–Trinajstić information content (AvgIpc) is 3.36. The zero-order valence-corrected chi connectivity index (χ0v) is 22.3. The van der Waals surface area contributed by atoms with E-state index in [2.05, 4.69) is 15.3 Å². The van der Waals surface area contributed by atoms with Crippen molar-refractivity contribution in [3.63, 3.8) is 0 Å². The van der Waals surface area contributed by atoms with Crippen LogP contribution in [0.15, 0.2) is 77.5 Å². The first kappa shape index (κ1) is 26.5. The summed E-state index contributed by atoms with van der Waals surface area (Å²) in [6.07, 6.45) is 3.42. The lowest BCUT2D eigenvalue weighted by molar-refractivity contribution is -0.0644. The molecule has 6 rings (SSSR count). The molecule has 1 N–H and O–H groups in total. The molecule has 0 unspecified atom stereocenters. The number of ether oxygens (including phenoxy) is 1. The van der Waals surface area contributed by atoms with E-state index in [0.717, 1.165) is 5.56 Å². The van der Waals surface area contributed by atoms with Crippen LogP contribution in [0.1, 0.15) is 38.5 Å². The molecule has 0 radical (unpaired) electrons. The quantitative estimate of drug-likeness (QED) is 0.247. The Morgan fingerprint density at radius 1 is 0.976 bits per heavy atom. The number of carbonyl (C=O) groups excluding carboxylic acids is 2. The molecule has 1 aliphatic heterocycles. The largest absolute Gasteiger partial charge is 0.455 e. The maximum absolute atomic E-state index is 16.4. The van der Waals surface area contributed by atoms with Crippen molar-refractivity contribution in [2.75, 3.05) is 20.3 Å². The third-order valence-electron chi connectivity index (χ3n) is 7.50. The van der Waals surface area contributed by atoms with Crippen molar-refractivity contribution in [2.45, 2.75) is 18.8 Å². The Morgan fingerprint density at radius 2 is 1.71 bits per heavy atom. The number of nitrogens with zero attached hydrogens (tertiary/aromatic N) is 2. The van der Waals surface area contributed by atoms with Crippen LogP contribution in [0.2, 0.25) is 0 Å². The van der Waals surface area contributed by atoms with Gasteiger partial charge in [0.1, 0.15) is 28.8 Å². The maximum Gasteiger partial charge on any atom is 0.255 e. The Bertz CT molecular complexity index is 1800. The molecule has 0 bridgehead atoms. The topological polar surface area (TPSA) is 94.3 Å². The van der Waals surface area contributed by atoms with Gasteiger partial charge in [-0.15, -0.1) is 0 Å². The Labute approximate surface area is 234 Å². The number of amides is 1. The number of hydrogen-bond donors (Lipinski definition) is 1. The van der Waals surface area contributed by atoms with E-state index in [9.17, 15) is 14.0 Å². The molecular formula is C32H25F2N3O4. The number of furan rings is 1. The van der Waals surface area contributed by atoms with Gasteiger partial charge < -0.3 is 14.5 Å². The normalized spacial score (nSPS) is 14.0. The Hall–Kier alpha value is -4.76. The van der Waals surface area contributed by atoms with Crippen LogP contribution < -0.4 is 5.32 Å². The van der Waals surface area contributed by atoms with E-state index in [-0.39, 0.29) is 40.1 Å². The van der Waals surface area contributed by atoms with Crippen molar-refractivity contribution < 1.29 is 27.5 Å². The molecule has 1 aliphatic rings. The Morgan fingerprint density at radius 3 is 2.37 bits per heavy atom. The second kappa shape index (κ2) is 10.3. The number of halogens is 2. The van der Waals surface area contributed by atoms with Crippen LogP contribution >= 0.6 is 0 Å². The molecule has 2 aromatic heterocycles. The lowest BCUT2D eigenvalue weighted by Gasteiger charge is -2.39. The summed E-state index contributed by atoms with van der Waals surface area (Å²) in [6.45, 7) is 2.50. The number of hydrogen-bond acceptors (Lipinski definition) is 6. The van der Waals surface area contributed by atoms with E-state index in [1.165, 1.54) is 31.3 Å². The summed E-state index contributed by atoms with van der Waals surface area (Å²) < 4.78 is 41.3. The molecule has 0 atom stereocenters. The van der Waals surface area contributed by atoms with E-state index in [4.69, 9.17) is 9.15 Å². The van der Waals surface area contributed by atoms with Gasteiger partial charge >= 0.3 is 0 Å². The van der Waals surface area contributed by atoms with E-state index in [1.54, 1.807) is 48.8 Å². The minimum Gasteiger partial charge on any atom is -0.455 e. The summed E-state index contributed by atoms with van der Waals surface area (Å²) in [5.41, 5.74) is 1.89. The van der Waals surface area contributed by atoms with Crippen LogP contribution in [0, 0.1) is 18.6 Å². The van der Waals surface area contributed by atoms with Crippen LogP contribution in [0.3, 0.4) is 0 Å². The summed E-state index contributed by atoms with van der Waals surface area (Å²) in [7, 11) is 1.44. The number of Topliss-reactive ketones (excluding diaryl/α,β-unsaturated/α-hetero) is 1. The fourth-order valence-electron chi connectivity index (χ4n) is 5.23. The number of carbonyl (C=O) groups is 2. The Balaban J connectivity index is 1.42. The third-order valence-corrected chi connectivity index (χ3v) is 7.50. The van der Waals surface area contributed by atoms with Crippen LogP contribution in [0.5, 0.6) is 0 Å². The van der Waals surface area contributed by atoms with Gasteiger partial charge in [0.2, 0.25) is 0 Å². The molecule has 5 aromatic rings. The first-order chi connectivity index (χ1) is 19.8. The molecule has 0 aliphatic carbocycles. The molecule has 1 fully saturated rings. The highest BCUT2D eigenvalue weighted by Crippen LogP contribution is 2.40. The molecule has 41 heavy (non-hydrogen) atoms. The van der Waals surface area contributed by atoms with Crippen LogP contribution in [-0.2, 0) is 10.2 Å². The van der Waals surface area contributed by atoms with Gasteiger partial charge in [-0.1, -0.05) is 12.1 Å². The zero-order valence-electron chi connectivity index (χ0n) is 22.3. The number of nitrogens with one attached hydrogen (secondary N) is 1. The molecule has 9 heteroatoms. The molecule has 1 amide bonds. The first-order valence-corrected chi connectivity index (χ1v) is 13.0. The van der Waals surface area contributed by atoms with Crippen molar-refractivity contribution in [1.82, 2.24) is 15.3 Å². The molecular weight excluding hydrogens is 528 g/mol. The van der Waals surface area contributed by atoms with Gasteiger partial charge in [-0.3, -0.25) is 9.59 Å². The number of ketones is 1. The lowest BCUT2D eigenvalue weighted by atomic mass is 9.78. The number of aryl methyl sites for hydroxylation is 1. The number of aromatic nitrogens is 2. The summed E-state index contributed by atoms with van der Waals surface area (Å²) in [6, 6.07) is 15.5. The van der Waals surface area contributed by atoms with E-state index >= 15 is 4.39 Å². The predicted octanol–water partition coefficient (Wildman–Crippen LogP) is 6.04. The number of benzene rings is 3. The van der Waals surface area contributed by atoms with Gasteiger partial charge in [0.05, 0.1) is 29.6 Å². The monoisotopic (exact) mass is 553 g/mol. The number of rotatable bonds is 7. The van der Waals surface area contributed by atoms with Gasteiger partial charge in [0, 0.05) is 42.6 Å². The molecule has 7 nitrogen and oxygen atoms in total. The van der Waals surface area contributed by atoms with Crippen molar-refractivity contribution in [3.05, 3.63) is 107 Å². The summed E-state index contributed by atoms with van der Waals surface area (Å²) in [5.74, 6) is -1.11. The van der Waals surface area contributed by atoms with Crippen LogP contribution in [0.25, 0.3) is 33.4 Å². The van der Waals surface area contributed by atoms with Gasteiger partial charge in [0.25, 0.3) is 5.91 Å². The summed E-state index contributed by atoms with van der Waals surface area (Å²) in [4.78, 5) is 35.1. The van der Waals surface area contributed by atoms with Crippen LogP contribution in [-0.4, -0.2) is 41.9 Å². The average molecular weight is 554 g/mol. The highest BCUT2D eigenvalue weighted by atomic mass is 19.1. The third kappa shape index (κ3) is 4.58. The summed E-state index contributed by atoms with van der Waals surface area (Å²) in [5, 5.41) is 2.55. The second-order valence-corrected chi connectivity index (χ2v) is 10.2. The SMILES string of the molecule is CNC(=O)c1c(-c2ccc(F)cc2)oc2ccc(-c3cc(C(=O)CC4(c5ncccn5)COC4)ccc3C)c(F)c12. The van der Waals surface area contributed by atoms with E-state index < -0.39 is 23.0 Å². The van der Waals surface area contributed by atoms with Crippen molar-refractivity contribution in [2.24, 2.45) is 0 Å². The van der Waals surface area contributed by atoms with E-state index in [0.29, 0.717) is 35.7 Å².